The Hall–Kier alpha value is -4.90. The number of phenols is 1. The van der Waals surface area contributed by atoms with Crippen LogP contribution in [0.4, 0.5) is 26.3 Å². The lowest BCUT2D eigenvalue weighted by Gasteiger charge is -2.17. The van der Waals surface area contributed by atoms with Crippen molar-refractivity contribution in [1.29, 1.82) is 0 Å². The summed E-state index contributed by atoms with van der Waals surface area (Å²) in [5.74, 6) is 0.804. The van der Waals surface area contributed by atoms with Crippen LogP contribution in [0.1, 0.15) is 24.1 Å². The lowest BCUT2D eigenvalue weighted by molar-refractivity contribution is -0.143. The molecule has 0 fully saturated rings. The van der Waals surface area contributed by atoms with Gasteiger partial charge in [0.05, 0.1) is 23.4 Å². The van der Waals surface area contributed by atoms with E-state index in [1.54, 1.807) is 0 Å². The molecule has 0 radical (unpaired) electrons. The number of nitrogens with one attached hydrogen (secondary N) is 1. The van der Waals surface area contributed by atoms with Crippen molar-refractivity contribution in [3.05, 3.63) is 58.4 Å². The molecule has 0 aliphatic carbocycles. The van der Waals surface area contributed by atoms with E-state index in [9.17, 15) is 36.2 Å². The zero-order valence-electron chi connectivity index (χ0n) is 21.2. The van der Waals surface area contributed by atoms with E-state index < -0.39 is 41.3 Å². The Balaban J connectivity index is 1.92. The normalized spacial score (nSPS) is 12.2. The quantitative estimate of drug-likeness (QED) is 0.0816. The molecule has 0 saturated carbocycles. The van der Waals surface area contributed by atoms with Crippen molar-refractivity contribution in [3.63, 3.8) is 0 Å². The first-order valence-electron chi connectivity index (χ1n) is 11.7. The number of terminal acetylenes is 1. The number of hydrogen-bond acceptors (Lipinski definition) is 6. The third kappa shape index (κ3) is 7.40. The number of rotatable bonds is 10. The first-order valence-corrected chi connectivity index (χ1v) is 11.7. The van der Waals surface area contributed by atoms with E-state index in [4.69, 9.17) is 16.7 Å². The number of amides is 1. The molecular weight excluding hydrogens is 560 g/mol. The Labute approximate surface area is 228 Å². The number of carbonyl (C=O) groups is 1. The van der Waals surface area contributed by atoms with Crippen LogP contribution >= 0.6 is 0 Å². The number of aromatic nitrogens is 3. The molecule has 0 saturated heterocycles. The van der Waals surface area contributed by atoms with E-state index in [0.29, 0.717) is 23.0 Å². The predicted molar refractivity (Wildman–Crippen MR) is 133 cm³/mol. The number of aryl methyl sites for hydroxylation is 1. The van der Waals surface area contributed by atoms with Gasteiger partial charge in [0.2, 0.25) is 5.91 Å². The summed E-state index contributed by atoms with van der Waals surface area (Å²) in [7, 11) is 1.05. The van der Waals surface area contributed by atoms with Crippen LogP contribution in [0.3, 0.4) is 0 Å². The van der Waals surface area contributed by atoms with Gasteiger partial charge in [-0.05, 0) is 36.2 Å². The molecule has 0 spiro atoms. The average Bonchev–Trinajstić information content (AvgIpc) is 3.29. The zero-order chi connectivity index (χ0) is 30.4. The van der Waals surface area contributed by atoms with Crippen LogP contribution < -0.4 is 10.1 Å². The highest BCUT2D eigenvalue weighted by Crippen LogP contribution is 2.45. The Morgan fingerprint density at radius 3 is 2.59 bits per heavy atom. The molecule has 0 bridgehead atoms. The van der Waals surface area contributed by atoms with Gasteiger partial charge in [-0.1, -0.05) is 5.11 Å². The number of azide groups is 1. The topological polar surface area (TPSA) is 138 Å². The van der Waals surface area contributed by atoms with Crippen LogP contribution in [-0.2, 0) is 24.2 Å². The maximum atomic E-state index is 13.4. The second-order valence-electron chi connectivity index (χ2n) is 8.45. The third-order valence-electron chi connectivity index (χ3n) is 5.62. The lowest BCUT2D eigenvalue weighted by atomic mass is 9.98. The molecule has 1 atom stereocenters. The van der Waals surface area contributed by atoms with Crippen LogP contribution in [0.5, 0.6) is 11.5 Å². The number of aromatic hydroxyl groups is 1. The minimum atomic E-state index is -4.77. The predicted octanol–water partition coefficient (Wildman–Crippen LogP) is 5.48. The van der Waals surface area contributed by atoms with Crippen molar-refractivity contribution in [2.75, 3.05) is 13.2 Å². The van der Waals surface area contributed by atoms with E-state index in [1.165, 1.54) is 12.1 Å². The fourth-order valence-corrected chi connectivity index (χ4v) is 3.72. The number of alkyl halides is 6. The second-order valence-corrected chi connectivity index (χ2v) is 8.45. The van der Waals surface area contributed by atoms with Gasteiger partial charge >= 0.3 is 12.4 Å². The van der Waals surface area contributed by atoms with Crippen LogP contribution in [0.2, 0.25) is 0 Å². The molecule has 0 aliphatic rings. The number of phenolic OH excluding ortho intramolecular Hbond substituents is 1. The van der Waals surface area contributed by atoms with Gasteiger partial charge < -0.3 is 15.2 Å². The first kappa shape index (κ1) is 30.6. The van der Waals surface area contributed by atoms with Gasteiger partial charge in [0.25, 0.3) is 0 Å². The van der Waals surface area contributed by atoms with Gasteiger partial charge in [-0.15, -0.1) is 12.3 Å². The highest BCUT2D eigenvalue weighted by molar-refractivity contribution is 5.85. The SMILES string of the molecule is C#CCC(N=[N+]=[N-])C(=O)NCCCOc1ccc(-c2cc(C(F)(F)F)n(C)n2)c(O)c1-c1cncc(C(F)(F)F)c1. The van der Waals surface area contributed by atoms with E-state index in [0.717, 1.165) is 13.2 Å². The summed E-state index contributed by atoms with van der Waals surface area (Å²) < 4.78 is 86.2. The smallest absolute Gasteiger partial charge is 0.433 e. The molecule has 2 heterocycles. The number of benzene rings is 1. The van der Waals surface area contributed by atoms with Crippen molar-refractivity contribution in [2.24, 2.45) is 12.2 Å². The van der Waals surface area contributed by atoms with Crippen molar-refractivity contribution in [3.8, 4) is 46.2 Å². The molecule has 3 aromatic rings. The fraction of sp³-hybridized carbons (Fsp3) is 0.320. The molecule has 16 heteroatoms. The van der Waals surface area contributed by atoms with Crippen LogP contribution in [0.25, 0.3) is 32.8 Å². The summed E-state index contributed by atoms with van der Waals surface area (Å²) in [5, 5.41) is 20.7. The number of hydrogen-bond donors (Lipinski definition) is 2. The molecule has 3 rings (SSSR count). The largest absolute Gasteiger partial charge is 0.506 e. The standard InChI is InChI=1S/C25H21F6N7O3/c1-3-5-17(35-37-32)23(40)34-8-4-9-41-19-7-6-16(18-11-20(25(29,30)31)38(2)36-18)22(39)21(19)14-10-15(13-33-12-14)24(26,27)28/h1,6-7,10-13,17,39H,4-5,8-9H2,2H3,(H,34,40). The number of nitrogens with zero attached hydrogens (tertiary/aromatic N) is 6. The monoisotopic (exact) mass is 581 g/mol. The van der Waals surface area contributed by atoms with Crippen molar-refractivity contribution in [2.45, 2.75) is 31.2 Å². The maximum absolute atomic E-state index is 13.4. The highest BCUT2D eigenvalue weighted by Gasteiger charge is 2.36. The minimum Gasteiger partial charge on any atom is -0.506 e. The number of pyridine rings is 1. The Bertz CT molecular complexity index is 1500. The summed E-state index contributed by atoms with van der Waals surface area (Å²) in [5.41, 5.74) is 5.34. The Morgan fingerprint density at radius 2 is 1.98 bits per heavy atom. The number of ether oxygens (including phenoxy) is 1. The van der Waals surface area contributed by atoms with Crippen LogP contribution in [0.15, 0.2) is 41.8 Å². The molecule has 2 N–H and O–H groups in total. The maximum Gasteiger partial charge on any atom is 0.433 e. The molecule has 1 unspecified atom stereocenters. The second kappa shape index (κ2) is 12.5. The molecule has 216 valence electrons. The van der Waals surface area contributed by atoms with Gasteiger partial charge in [0.15, 0.2) is 0 Å². The van der Waals surface area contributed by atoms with Crippen molar-refractivity contribution >= 4 is 5.91 Å². The van der Waals surface area contributed by atoms with Crippen LogP contribution in [-0.4, -0.2) is 45.0 Å². The molecule has 1 amide bonds. The lowest BCUT2D eigenvalue weighted by Crippen LogP contribution is -2.34. The van der Waals surface area contributed by atoms with Crippen molar-refractivity contribution in [1.82, 2.24) is 20.1 Å². The summed E-state index contributed by atoms with van der Waals surface area (Å²) in [6, 6.07) is 2.76. The van der Waals surface area contributed by atoms with Gasteiger partial charge in [0, 0.05) is 48.4 Å². The number of carbonyl (C=O) groups excluding carboxylic acids is 1. The Morgan fingerprint density at radius 1 is 1.24 bits per heavy atom. The Kier molecular flexibility index (Phi) is 9.35. The van der Waals surface area contributed by atoms with Gasteiger partial charge in [-0.25, -0.2) is 0 Å². The van der Waals surface area contributed by atoms with E-state index in [-0.39, 0.29) is 54.1 Å². The highest BCUT2D eigenvalue weighted by atomic mass is 19.4. The minimum absolute atomic E-state index is 0.0412. The zero-order valence-corrected chi connectivity index (χ0v) is 21.2. The summed E-state index contributed by atoms with van der Waals surface area (Å²) >= 11 is 0. The van der Waals surface area contributed by atoms with Gasteiger partial charge in [0.1, 0.15) is 23.2 Å². The van der Waals surface area contributed by atoms with Gasteiger partial charge in [-0.2, -0.15) is 31.4 Å². The first-order chi connectivity index (χ1) is 19.3. The summed E-state index contributed by atoms with van der Waals surface area (Å²) in [4.78, 5) is 18.2. The molecule has 41 heavy (non-hydrogen) atoms. The molecule has 0 aliphatic heterocycles. The summed E-state index contributed by atoms with van der Waals surface area (Å²) in [6.45, 7) is -0.0683. The van der Waals surface area contributed by atoms with Gasteiger partial charge in [-0.3, -0.25) is 14.5 Å². The summed E-state index contributed by atoms with van der Waals surface area (Å²) in [6.07, 6.45) is -2.72. The van der Waals surface area contributed by atoms with E-state index in [2.05, 4.69) is 31.3 Å². The fourth-order valence-electron chi connectivity index (χ4n) is 3.72. The number of halogens is 6. The van der Waals surface area contributed by atoms with Crippen molar-refractivity contribution < 1.29 is 41.0 Å². The molecule has 2 aromatic heterocycles. The third-order valence-corrected chi connectivity index (χ3v) is 5.62. The average molecular weight is 581 g/mol. The molecular formula is C25H21F6N7O3. The molecule has 1 aromatic carbocycles. The van der Waals surface area contributed by atoms with E-state index >= 15 is 0 Å². The van der Waals surface area contributed by atoms with E-state index in [1.807, 2.05) is 0 Å². The van der Waals surface area contributed by atoms with Crippen LogP contribution in [0, 0.1) is 12.3 Å². The molecule has 10 nitrogen and oxygen atoms in total.